The number of rotatable bonds is 12. The highest BCUT2D eigenvalue weighted by Crippen LogP contribution is 2.31. The molecule has 3 aromatic rings. The number of hydrogen-bond donors (Lipinski definition) is 4. The van der Waals surface area contributed by atoms with E-state index in [1.165, 1.54) is 0 Å². The number of aliphatic hydroxyl groups excluding tert-OH is 2. The van der Waals surface area contributed by atoms with E-state index in [2.05, 4.69) is 44.6 Å². The topological polar surface area (TPSA) is 156 Å². The van der Waals surface area contributed by atoms with Crippen LogP contribution >= 0.6 is 0 Å². The molecule has 0 unspecified atom stereocenters. The number of hydrogen-bond acceptors (Lipinski definition) is 10. The van der Waals surface area contributed by atoms with Crippen molar-refractivity contribution in [2.75, 3.05) is 32.1 Å². The number of nitrogens with one attached hydrogen (secondary N) is 2. The van der Waals surface area contributed by atoms with E-state index in [1.54, 1.807) is 7.05 Å². The van der Waals surface area contributed by atoms with Crippen LogP contribution in [0.4, 0.5) is 5.95 Å². The minimum atomic E-state index is -0.917. The van der Waals surface area contributed by atoms with Gasteiger partial charge in [0.2, 0.25) is 17.7 Å². The molecule has 36 heavy (non-hydrogen) atoms. The zero-order valence-electron chi connectivity index (χ0n) is 21.3. The predicted molar refractivity (Wildman–Crippen MR) is 135 cm³/mol. The van der Waals surface area contributed by atoms with Crippen LogP contribution in [0.25, 0.3) is 23.0 Å². The van der Waals surface area contributed by atoms with Crippen LogP contribution in [-0.2, 0) is 17.6 Å². The van der Waals surface area contributed by atoms with E-state index in [1.807, 2.05) is 32.0 Å². The number of aromatic nitrogens is 4. The number of benzene rings is 1. The molecular formula is C25H34N6O5. The van der Waals surface area contributed by atoms with Crippen molar-refractivity contribution in [3.8, 4) is 28.7 Å². The molecule has 1 amide bonds. The van der Waals surface area contributed by atoms with Crippen molar-refractivity contribution >= 4 is 11.9 Å². The number of aliphatic hydroxyl groups is 2. The third-order valence-corrected chi connectivity index (χ3v) is 5.35. The van der Waals surface area contributed by atoms with E-state index < -0.39 is 18.6 Å². The van der Waals surface area contributed by atoms with Gasteiger partial charge in [-0.05, 0) is 55.0 Å². The van der Waals surface area contributed by atoms with E-state index in [0.29, 0.717) is 41.4 Å². The normalized spacial score (nSPS) is 12.0. The van der Waals surface area contributed by atoms with Crippen LogP contribution in [0.2, 0.25) is 0 Å². The quantitative estimate of drug-likeness (QED) is 0.292. The van der Waals surface area contributed by atoms with Crippen molar-refractivity contribution in [3.05, 3.63) is 35.0 Å². The maximum atomic E-state index is 11.2. The molecule has 1 aromatic carbocycles. The number of carbonyl (C=O) groups is 1. The maximum absolute atomic E-state index is 11.2. The number of aryl methyl sites for hydroxylation is 2. The van der Waals surface area contributed by atoms with E-state index >= 15 is 0 Å². The Kier molecular flexibility index (Phi) is 9.31. The van der Waals surface area contributed by atoms with Crippen molar-refractivity contribution in [1.82, 2.24) is 25.4 Å². The summed E-state index contributed by atoms with van der Waals surface area (Å²) < 4.78 is 11.4. The monoisotopic (exact) mass is 498 g/mol. The molecule has 0 radical (unpaired) electrons. The first-order valence-electron chi connectivity index (χ1n) is 12.0. The van der Waals surface area contributed by atoms with Crippen molar-refractivity contribution < 1.29 is 24.3 Å². The summed E-state index contributed by atoms with van der Waals surface area (Å²) in [7, 11) is 1.76. The van der Waals surface area contributed by atoms with E-state index in [4.69, 9.17) is 14.4 Å². The Morgan fingerprint density at radius 2 is 1.97 bits per heavy atom. The Hall–Kier alpha value is -3.57. The Morgan fingerprint density at radius 1 is 1.19 bits per heavy atom. The van der Waals surface area contributed by atoms with Gasteiger partial charge in [0.15, 0.2) is 0 Å². The molecule has 0 saturated carbocycles. The number of carbonyl (C=O) groups excluding carboxylic acids is 1. The predicted octanol–water partition coefficient (Wildman–Crippen LogP) is 2.15. The van der Waals surface area contributed by atoms with Gasteiger partial charge in [0.25, 0.3) is 5.89 Å². The molecule has 4 N–H and O–H groups in total. The molecule has 2 heterocycles. The third-order valence-electron chi connectivity index (χ3n) is 5.35. The summed E-state index contributed by atoms with van der Waals surface area (Å²) in [6.07, 6.45) is 0.566. The number of nitrogens with zero attached hydrogens (tertiary/aromatic N) is 4. The van der Waals surface area contributed by atoms with Crippen LogP contribution in [0.15, 0.2) is 22.7 Å². The minimum absolute atomic E-state index is 0.00846. The van der Waals surface area contributed by atoms with Gasteiger partial charge >= 0.3 is 0 Å². The standard InChI is InChI=1S/C25H34N6O5/c1-6-16-9-17(8-15(4)22(16)35-13-19(33)11-27-21(34)12-32)23-30-24(36-31-23)20-10-18(7-14(2)3)28-25(26-5)29-20/h8-10,14,19,32-33H,6-7,11-13H2,1-5H3,(H,27,34)(H,26,28,29)/t19-/m0/s1. The summed E-state index contributed by atoms with van der Waals surface area (Å²) in [5, 5.41) is 28.4. The fourth-order valence-corrected chi connectivity index (χ4v) is 3.66. The van der Waals surface area contributed by atoms with Gasteiger partial charge in [0.1, 0.15) is 30.8 Å². The largest absolute Gasteiger partial charge is 0.490 e. The second kappa shape index (κ2) is 12.4. The minimum Gasteiger partial charge on any atom is -0.490 e. The van der Waals surface area contributed by atoms with E-state index in [9.17, 15) is 9.90 Å². The Balaban J connectivity index is 1.81. The molecule has 2 aromatic heterocycles. The Labute approximate surface area is 210 Å². The molecular weight excluding hydrogens is 464 g/mol. The summed E-state index contributed by atoms with van der Waals surface area (Å²) in [5.74, 6) is 1.77. The first-order chi connectivity index (χ1) is 17.2. The first-order valence-corrected chi connectivity index (χ1v) is 12.0. The molecule has 0 fully saturated rings. The fraction of sp³-hybridized carbons (Fsp3) is 0.480. The van der Waals surface area contributed by atoms with Crippen LogP contribution in [0.3, 0.4) is 0 Å². The van der Waals surface area contributed by atoms with Crippen molar-refractivity contribution in [2.45, 2.75) is 46.6 Å². The molecule has 0 spiro atoms. The molecule has 11 heteroatoms. The van der Waals surface area contributed by atoms with Crippen molar-refractivity contribution in [1.29, 1.82) is 0 Å². The summed E-state index contributed by atoms with van der Waals surface area (Å²) in [6, 6.07) is 5.69. The number of amides is 1. The SMILES string of the molecule is CCc1cc(-c2noc(-c3cc(CC(C)C)nc(NC)n3)n2)cc(C)c1OC[C@@H](O)CNC(=O)CO. The van der Waals surface area contributed by atoms with Crippen LogP contribution in [-0.4, -0.2) is 69.1 Å². The maximum Gasteiger partial charge on any atom is 0.277 e. The molecule has 11 nitrogen and oxygen atoms in total. The molecule has 0 saturated heterocycles. The number of anilines is 1. The van der Waals surface area contributed by atoms with Crippen LogP contribution in [0.5, 0.6) is 5.75 Å². The Bertz CT molecular complexity index is 1180. The summed E-state index contributed by atoms with van der Waals surface area (Å²) in [6.45, 7) is 7.51. The first kappa shape index (κ1) is 27.0. The summed E-state index contributed by atoms with van der Waals surface area (Å²) >= 11 is 0. The Morgan fingerprint density at radius 3 is 2.64 bits per heavy atom. The number of ether oxygens (including phenoxy) is 1. The molecule has 0 aliphatic rings. The lowest BCUT2D eigenvalue weighted by molar-refractivity contribution is -0.124. The molecule has 0 bridgehead atoms. The second-order valence-corrected chi connectivity index (χ2v) is 8.90. The highest BCUT2D eigenvalue weighted by Gasteiger charge is 2.18. The van der Waals surface area contributed by atoms with Gasteiger partial charge in [-0.1, -0.05) is 25.9 Å². The van der Waals surface area contributed by atoms with Gasteiger partial charge in [0.05, 0.1) is 0 Å². The van der Waals surface area contributed by atoms with Crippen molar-refractivity contribution in [3.63, 3.8) is 0 Å². The summed E-state index contributed by atoms with van der Waals surface area (Å²) in [4.78, 5) is 24.7. The van der Waals surface area contributed by atoms with Gasteiger partial charge in [-0.2, -0.15) is 4.98 Å². The molecule has 194 valence electrons. The van der Waals surface area contributed by atoms with Crippen LogP contribution in [0, 0.1) is 12.8 Å². The fourth-order valence-electron chi connectivity index (χ4n) is 3.66. The zero-order chi connectivity index (χ0) is 26.2. The average molecular weight is 499 g/mol. The van der Waals surface area contributed by atoms with Crippen molar-refractivity contribution in [2.24, 2.45) is 5.92 Å². The lowest BCUT2D eigenvalue weighted by atomic mass is 10.0. The average Bonchev–Trinajstić information content (AvgIpc) is 3.36. The van der Waals surface area contributed by atoms with Gasteiger partial charge in [-0.25, -0.2) is 9.97 Å². The zero-order valence-corrected chi connectivity index (χ0v) is 21.3. The van der Waals surface area contributed by atoms with E-state index in [0.717, 1.165) is 28.8 Å². The van der Waals surface area contributed by atoms with Crippen LogP contribution < -0.4 is 15.4 Å². The lowest BCUT2D eigenvalue weighted by Gasteiger charge is -2.17. The van der Waals surface area contributed by atoms with Gasteiger partial charge in [0, 0.05) is 24.8 Å². The molecule has 0 aliphatic heterocycles. The van der Waals surface area contributed by atoms with Crippen LogP contribution in [0.1, 0.15) is 37.6 Å². The van der Waals surface area contributed by atoms with E-state index in [-0.39, 0.29) is 13.2 Å². The molecule has 3 rings (SSSR count). The van der Waals surface area contributed by atoms with Gasteiger partial charge in [-0.3, -0.25) is 4.79 Å². The smallest absolute Gasteiger partial charge is 0.277 e. The summed E-state index contributed by atoms with van der Waals surface area (Å²) in [5.41, 5.74) is 3.98. The second-order valence-electron chi connectivity index (χ2n) is 8.90. The molecule has 1 atom stereocenters. The highest BCUT2D eigenvalue weighted by molar-refractivity contribution is 5.76. The third kappa shape index (κ3) is 6.98. The molecule has 0 aliphatic carbocycles. The van der Waals surface area contributed by atoms with Gasteiger partial charge < -0.3 is 30.1 Å². The lowest BCUT2D eigenvalue weighted by Crippen LogP contribution is -2.36. The highest BCUT2D eigenvalue weighted by atomic mass is 16.5. The van der Waals surface area contributed by atoms with Gasteiger partial charge in [-0.15, -0.1) is 0 Å².